The molecule has 2 aliphatic rings. The summed E-state index contributed by atoms with van der Waals surface area (Å²) in [5.41, 5.74) is 0. The molecule has 2 nitrogen and oxygen atoms in total. The van der Waals surface area contributed by atoms with Crippen LogP contribution in [0.25, 0.3) is 0 Å². The smallest absolute Gasteiger partial charge is 0.286 e. The van der Waals surface area contributed by atoms with E-state index in [0.29, 0.717) is 19.0 Å². The zero-order valence-electron chi connectivity index (χ0n) is 11.4. The van der Waals surface area contributed by atoms with Crippen molar-refractivity contribution in [1.82, 2.24) is 9.21 Å². The highest BCUT2D eigenvalue weighted by Crippen LogP contribution is 2.34. The molecule has 0 spiro atoms. The van der Waals surface area contributed by atoms with Gasteiger partial charge in [-0.15, -0.1) is 0 Å². The Morgan fingerprint density at radius 3 is 2.11 bits per heavy atom. The van der Waals surface area contributed by atoms with E-state index in [1.165, 1.54) is 0 Å². The summed E-state index contributed by atoms with van der Waals surface area (Å²) in [4.78, 5) is 1.69. The van der Waals surface area contributed by atoms with Gasteiger partial charge < -0.3 is 0 Å². The molecule has 0 bridgehead atoms. The van der Waals surface area contributed by atoms with Gasteiger partial charge in [0.05, 0.1) is 6.54 Å². The second-order valence-electron chi connectivity index (χ2n) is 5.90. The number of alkyl halides is 3. The molecule has 0 amide bonds. The second-order valence-corrected chi connectivity index (χ2v) is 6.46. The Kier molecular flexibility index (Phi) is 5.06. The molecular weight excluding hydrogens is 273 g/mol. The molecule has 1 saturated heterocycles. The lowest BCUT2D eigenvalue weighted by atomic mass is 9.83. The van der Waals surface area contributed by atoms with Crippen LogP contribution >= 0.6 is 12.8 Å². The molecule has 1 saturated carbocycles. The van der Waals surface area contributed by atoms with E-state index in [0.717, 1.165) is 32.1 Å². The quantitative estimate of drug-likeness (QED) is 0.795. The Balaban J connectivity index is 1.93. The maximum absolute atomic E-state index is 12.7. The van der Waals surface area contributed by atoms with E-state index in [1.807, 2.05) is 0 Å². The fraction of sp³-hybridized carbons (Fsp3) is 1.00. The second kappa shape index (κ2) is 6.22. The summed E-state index contributed by atoms with van der Waals surface area (Å²) >= 11 is 4.17. The predicted molar refractivity (Wildman–Crippen MR) is 73.1 cm³/mol. The van der Waals surface area contributed by atoms with E-state index < -0.39 is 12.7 Å². The average molecular weight is 296 g/mol. The van der Waals surface area contributed by atoms with Crippen LogP contribution in [0.15, 0.2) is 0 Å². The third-order valence-electron chi connectivity index (χ3n) is 4.54. The van der Waals surface area contributed by atoms with Crippen LogP contribution < -0.4 is 0 Å². The lowest BCUT2D eigenvalue weighted by Crippen LogP contribution is -2.61. The van der Waals surface area contributed by atoms with Gasteiger partial charge in [0.1, 0.15) is 0 Å². The first-order chi connectivity index (χ1) is 8.89. The van der Waals surface area contributed by atoms with E-state index in [1.54, 1.807) is 9.21 Å². The van der Waals surface area contributed by atoms with E-state index in [4.69, 9.17) is 0 Å². The standard InChI is InChI=1S/C13H23F3N2S/c1-2-10-3-5-11(6-4-10)18(9-13(14,15)16)12-7-17(19)8-12/h10-12,19H,2-9H2,1H3/t10-,11-. The van der Waals surface area contributed by atoms with E-state index in [9.17, 15) is 13.2 Å². The van der Waals surface area contributed by atoms with Gasteiger partial charge >= 0.3 is 6.18 Å². The SMILES string of the molecule is CC[C@H]1CC[C@H](N(CC(F)(F)F)C2CN(S)C2)CC1. The summed E-state index contributed by atoms with van der Waals surface area (Å²) in [6.07, 6.45) is 1.04. The minimum atomic E-state index is -4.10. The molecule has 19 heavy (non-hydrogen) atoms. The van der Waals surface area contributed by atoms with Crippen LogP contribution in [0.2, 0.25) is 0 Å². The van der Waals surface area contributed by atoms with Crippen LogP contribution in [0.4, 0.5) is 13.2 Å². The van der Waals surface area contributed by atoms with Gasteiger partial charge in [-0.3, -0.25) is 9.21 Å². The van der Waals surface area contributed by atoms with Crippen LogP contribution in [0.5, 0.6) is 0 Å². The lowest BCUT2D eigenvalue weighted by Gasteiger charge is -2.48. The third kappa shape index (κ3) is 4.26. The Bertz CT molecular complexity index is 284. The summed E-state index contributed by atoms with van der Waals surface area (Å²) in [7, 11) is 0. The molecule has 0 N–H and O–H groups in total. The van der Waals surface area contributed by atoms with Crippen molar-refractivity contribution in [1.29, 1.82) is 0 Å². The van der Waals surface area contributed by atoms with E-state index >= 15 is 0 Å². The van der Waals surface area contributed by atoms with Crippen molar-refractivity contribution in [3.05, 3.63) is 0 Å². The Morgan fingerprint density at radius 2 is 1.68 bits per heavy atom. The van der Waals surface area contributed by atoms with Crippen molar-refractivity contribution >= 4 is 12.8 Å². The van der Waals surface area contributed by atoms with Gasteiger partial charge in [0, 0.05) is 25.2 Å². The van der Waals surface area contributed by atoms with Crippen LogP contribution in [0.3, 0.4) is 0 Å². The van der Waals surface area contributed by atoms with Crippen LogP contribution in [-0.2, 0) is 0 Å². The van der Waals surface area contributed by atoms with Gasteiger partial charge in [0.2, 0.25) is 0 Å². The maximum atomic E-state index is 12.7. The Labute approximate surface area is 118 Å². The molecule has 2 rings (SSSR count). The Morgan fingerprint density at radius 1 is 1.11 bits per heavy atom. The zero-order valence-corrected chi connectivity index (χ0v) is 12.3. The molecule has 0 unspecified atom stereocenters. The largest absolute Gasteiger partial charge is 0.401 e. The molecular formula is C13H23F3N2S. The minimum Gasteiger partial charge on any atom is -0.286 e. The maximum Gasteiger partial charge on any atom is 0.401 e. The number of hydrogen-bond donors (Lipinski definition) is 1. The number of halogens is 3. The van der Waals surface area contributed by atoms with Crippen LogP contribution in [0, 0.1) is 5.92 Å². The average Bonchev–Trinajstić information content (AvgIpc) is 2.31. The first kappa shape index (κ1) is 15.4. The first-order valence-corrected chi connectivity index (χ1v) is 7.55. The van der Waals surface area contributed by atoms with Crippen molar-refractivity contribution in [3.8, 4) is 0 Å². The summed E-state index contributed by atoms with van der Waals surface area (Å²) in [5.74, 6) is 0.715. The molecule has 0 aromatic carbocycles. The fourth-order valence-electron chi connectivity index (χ4n) is 3.29. The summed E-state index contributed by atoms with van der Waals surface area (Å²) < 4.78 is 40.0. The molecule has 6 heteroatoms. The molecule has 0 aromatic rings. The lowest BCUT2D eigenvalue weighted by molar-refractivity contribution is -0.163. The highest BCUT2D eigenvalue weighted by atomic mass is 32.1. The van der Waals surface area contributed by atoms with Crippen molar-refractivity contribution in [2.75, 3.05) is 19.6 Å². The molecule has 112 valence electrons. The normalized spacial score (nSPS) is 30.6. The van der Waals surface area contributed by atoms with Crippen molar-refractivity contribution < 1.29 is 13.2 Å². The van der Waals surface area contributed by atoms with E-state index in [-0.39, 0.29) is 12.1 Å². The Hall–Kier alpha value is 0.0600. The molecule has 1 aliphatic carbocycles. The number of rotatable bonds is 4. The topological polar surface area (TPSA) is 6.48 Å². The number of thiol groups is 1. The van der Waals surface area contributed by atoms with Crippen molar-refractivity contribution in [2.45, 2.75) is 57.3 Å². The highest BCUT2D eigenvalue weighted by molar-refractivity contribution is 7.77. The van der Waals surface area contributed by atoms with Crippen molar-refractivity contribution in [2.24, 2.45) is 5.92 Å². The molecule has 1 heterocycles. The highest BCUT2D eigenvalue weighted by Gasteiger charge is 2.41. The van der Waals surface area contributed by atoms with Crippen molar-refractivity contribution in [3.63, 3.8) is 0 Å². The van der Waals surface area contributed by atoms with Gasteiger partial charge in [-0.2, -0.15) is 13.2 Å². The van der Waals surface area contributed by atoms with Gasteiger partial charge in [-0.25, -0.2) is 0 Å². The summed E-state index contributed by atoms with van der Waals surface area (Å²) in [6.45, 7) is 2.70. The number of nitrogens with zero attached hydrogens (tertiary/aromatic N) is 2. The molecule has 0 atom stereocenters. The van der Waals surface area contributed by atoms with Gasteiger partial charge in [0.15, 0.2) is 0 Å². The van der Waals surface area contributed by atoms with Gasteiger partial charge in [-0.1, -0.05) is 26.2 Å². The van der Waals surface area contributed by atoms with Crippen LogP contribution in [0.1, 0.15) is 39.0 Å². The predicted octanol–water partition coefficient (Wildman–Crippen LogP) is 3.35. The molecule has 0 aromatic heterocycles. The molecule has 0 radical (unpaired) electrons. The minimum absolute atomic E-state index is 0.0299. The monoisotopic (exact) mass is 296 g/mol. The van der Waals surface area contributed by atoms with Crippen LogP contribution in [-0.4, -0.2) is 47.1 Å². The third-order valence-corrected chi connectivity index (χ3v) is 4.86. The van der Waals surface area contributed by atoms with E-state index in [2.05, 4.69) is 19.7 Å². The molecule has 2 fully saturated rings. The number of hydrogen-bond acceptors (Lipinski definition) is 3. The molecule has 1 aliphatic heterocycles. The summed E-state index contributed by atoms with van der Waals surface area (Å²) in [6, 6.07) is 0.138. The van der Waals surface area contributed by atoms with Gasteiger partial charge in [-0.05, 0) is 31.6 Å². The summed E-state index contributed by atoms with van der Waals surface area (Å²) in [5, 5.41) is 0. The first-order valence-electron chi connectivity index (χ1n) is 7.15. The fourth-order valence-corrected chi connectivity index (χ4v) is 3.67. The van der Waals surface area contributed by atoms with Gasteiger partial charge in [0.25, 0.3) is 0 Å². The zero-order chi connectivity index (χ0) is 14.0.